The number of nitrogens with zero attached hydrogens (tertiary/aromatic N) is 1. The lowest BCUT2D eigenvalue weighted by molar-refractivity contribution is -0.0821. The van der Waals surface area contributed by atoms with Gasteiger partial charge in [0.1, 0.15) is 18.3 Å². The molecule has 0 bridgehead atoms. The van der Waals surface area contributed by atoms with Crippen LogP contribution in [0, 0.1) is 0 Å². The summed E-state index contributed by atoms with van der Waals surface area (Å²) >= 11 is 0. The SMILES string of the molecule is C[C@@H](O)[C@@H](O)[C@H](O)[C@H](O)/C=N\NC(=O)c1ccccc1. The number of aliphatic hydroxyl groups excluding tert-OH is 4. The Bertz CT molecular complexity index is 449. The van der Waals surface area contributed by atoms with E-state index in [-0.39, 0.29) is 0 Å². The summed E-state index contributed by atoms with van der Waals surface area (Å²) in [6.07, 6.45) is -4.96. The first-order chi connectivity index (χ1) is 9.43. The Labute approximate surface area is 116 Å². The van der Waals surface area contributed by atoms with E-state index < -0.39 is 30.3 Å². The van der Waals surface area contributed by atoms with Gasteiger partial charge in [0.15, 0.2) is 0 Å². The molecule has 5 N–H and O–H groups in total. The molecule has 0 aliphatic carbocycles. The molecule has 0 saturated heterocycles. The van der Waals surface area contributed by atoms with Crippen molar-refractivity contribution in [2.45, 2.75) is 31.3 Å². The van der Waals surface area contributed by atoms with Crippen molar-refractivity contribution in [2.24, 2.45) is 5.10 Å². The predicted molar refractivity (Wildman–Crippen MR) is 72.1 cm³/mol. The van der Waals surface area contributed by atoms with Crippen molar-refractivity contribution < 1.29 is 25.2 Å². The second-order valence-corrected chi connectivity index (χ2v) is 4.30. The lowest BCUT2D eigenvalue weighted by atomic mass is 10.1. The number of carbonyl (C=O) groups is 1. The van der Waals surface area contributed by atoms with Crippen LogP contribution in [0.1, 0.15) is 17.3 Å². The summed E-state index contributed by atoms with van der Waals surface area (Å²) in [6, 6.07) is 8.32. The van der Waals surface area contributed by atoms with Gasteiger partial charge < -0.3 is 20.4 Å². The molecular weight excluding hydrogens is 264 g/mol. The molecule has 0 spiro atoms. The third-order valence-corrected chi connectivity index (χ3v) is 2.62. The van der Waals surface area contributed by atoms with Gasteiger partial charge in [0.25, 0.3) is 5.91 Å². The zero-order valence-corrected chi connectivity index (χ0v) is 10.9. The molecule has 1 rings (SSSR count). The number of hydrogen-bond donors (Lipinski definition) is 5. The second-order valence-electron chi connectivity index (χ2n) is 4.30. The van der Waals surface area contributed by atoms with E-state index in [2.05, 4.69) is 10.5 Å². The van der Waals surface area contributed by atoms with Gasteiger partial charge in [-0.3, -0.25) is 4.79 Å². The lowest BCUT2D eigenvalue weighted by Gasteiger charge is -2.22. The molecule has 1 aromatic rings. The molecule has 4 atom stereocenters. The van der Waals surface area contributed by atoms with Crippen molar-refractivity contribution in [1.82, 2.24) is 5.43 Å². The summed E-state index contributed by atoms with van der Waals surface area (Å²) in [7, 11) is 0. The van der Waals surface area contributed by atoms with E-state index in [1.54, 1.807) is 30.3 Å². The number of hydrazone groups is 1. The number of nitrogens with one attached hydrogen (secondary N) is 1. The highest BCUT2D eigenvalue weighted by Crippen LogP contribution is 2.03. The fraction of sp³-hybridized carbons (Fsp3) is 0.385. The van der Waals surface area contributed by atoms with Gasteiger partial charge in [-0.25, -0.2) is 5.43 Å². The molecule has 0 heterocycles. The van der Waals surface area contributed by atoms with Gasteiger partial charge in [-0.15, -0.1) is 0 Å². The molecule has 0 radical (unpaired) electrons. The molecule has 0 aliphatic heterocycles. The molecule has 0 saturated carbocycles. The Hall–Kier alpha value is -1.80. The highest BCUT2D eigenvalue weighted by Gasteiger charge is 2.26. The third-order valence-electron chi connectivity index (χ3n) is 2.62. The van der Waals surface area contributed by atoms with Gasteiger partial charge in [0.2, 0.25) is 0 Å². The van der Waals surface area contributed by atoms with E-state index in [9.17, 15) is 20.1 Å². The zero-order chi connectivity index (χ0) is 15.1. The van der Waals surface area contributed by atoms with E-state index in [0.29, 0.717) is 5.56 Å². The van der Waals surface area contributed by atoms with Crippen LogP contribution in [0.25, 0.3) is 0 Å². The lowest BCUT2D eigenvalue weighted by Crippen LogP contribution is -2.44. The minimum absolute atomic E-state index is 0.392. The van der Waals surface area contributed by atoms with Crippen LogP contribution in [-0.2, 0) is 0 Å². The van der Waals surface area contributed by atoms with E-state index in [1.165, 1.54) is 6.92 Å². The fourth-order valence-corrected chi connectivity index (χ4v) is 1.40. The first-order valence-corrected chi connectivity index (χ1v) is 6.04. The Balaban J connectivity index is 2.50. The number of rotatable bonds is 6. The molecule has 0 unspecified atom stereocenters. The van der Waals surface area contributed by atoms with Crippen molar-refractivity contribution in [3.05, 3.63) is 35.9 Å². The van der Waals surface area contributed by atoms with Crippen LogP contribution in [0.2, 0.25) is 0 Å². The van der Waals surface area contributed by atoms with E-state index in [0.717, 1.165) is 6.21 Å². The van der Waals surface area contributed by atoms with Gasteiger partial charge in [-0.05, 0) is 19.1 Å². The van der Waals surface area contributed by atoms with E-state index in [1.807, 2.05) is 0 Å². The molecule has 1 aromatic carbocycles. The molecular formula is C13H18N2O5. The second kappa shape index (κ2) is 7.71. The normalized spacial score (nSPS) is 17.4. The molecule has 0 fully saturated rings. The van der Waals surface area contributed by atoms with Crippen LogP contribution in [0.3, 0.4) is 0 Å². The van der Waals surface area contributed by atoms with E-state index >= 15 is 0 Å². The largest absolute Gasteiger partial charge is 0.391 e. The van der Waals surface area contributed by atoms with Crippen molar-refractivity contribution >= 4 is 12.1 Å². The van der Waals surface area contributed by atoms with Crippen LogP contribution < -0.4 is 5.43 Å². The van der Waals surface area contributed by atoms with Gasteiger partial charge in [0, 0.05) is 5.56 Å². The Morgan fingerprint density at radius 1 is 1.15 bits per heavy atom. The van der Waals surface area contributed by atoms with Crippen LogP contribution in [-0.4, -0.2) is 57.0 Å². The molecule has 1 amide bonds. The van der Waals surface area contributed by atoms with Crippen LogP contribution in [0.4, 0.5) is 0 Å². The Morgan fingerprint density at radius 3 is 2.30 bits per heavy atom. The molecule has 110 valence electrons. The van der Waals surface area contributed by atoms with Gasteiger partial charge >= 0.3 is 0 Å². The maximum atomic E-state index is 11.6. The molecule has 0 aliphatic rings. The summed E-state index contributed by atoms with van der Waals surface area (Å²) in [5.41, 5.74) is 2.56. The highest BCUT2D eigenvalue weighted by atomic mass is 16.4. The highest BCUT2D eigenvalue weighted by molar-refractivity contribution is 5.94. The number of hydrogen-bond acceptors (Lipinski definition) is 6. The topological polar surface area (TPSA) is 122 Å². The summed E-state index contributed by atoms with van der Waals surface area (Å²) in [6.45, 7) is 1.27. The van der Waals surface area contributed by atoms with E-state index in [4.69, 9.17) is 5.11 Å². The van der Waals surface area contributed by atoms with Crippen molar-refractivity contribution in [3.8, 4) is 0 Å². The molecule has 0 aromatic heterocycles. The summed E-state index contributed by atoms with van der Waals surface area (Å²) in [5, 5.41) is 40.9. The van der Waals surface area contributed by atoms with Gasteiger partial charge in [-0.1, -0.05) is 18.2 Å². The average Bonchev–Trinajstić information content (AvgIpc) is 2.46. The quantitative estimate of drug-likeness (QED) is 0.334. The standard InChI is InChI=1S/C13H18N2O5/c1-8(16)11(18)12(19)10(17)7-14-15-13(20)9-5-3-2-4-6-9/h2-8,10-12,16-19H,1H3,(H,15,20)/b14-7-/t8-,10-,11-,12-/m1/s1. The maximum absolute atomic E-state index is 11.6. The summed E-state index contributed by atoms with van der Waals surface area (Å²) < 4.78 is 0. The maximum Gasteiger partial charge on any atom is 0.271 e. The minimum atomic E-state index is -1.60. The van der Waals surface area contributed by atoms with Gasteiger partial charge in [-0.2, -0.15) is 5.10 Å². The van der Waals surface area contributed by atoms with Crippen LogP contribution >= 0.6 is 0 Å². The average molecular weight is 282 g/mol. The molecule has 20 heavy (non-hydrogen) atoms. The number of benzene rings is 1. The predicted octanol–water partition coefficient (Wildman–Crippen LogP) is -1.13. The number of carbonyl (C=O) groups excluding carboxylic acids is 1. The molecule has 7 nitrogen and oxygen atoms in total. The van der Waals surface area contributed by atoms with Crippen molar-refractivity contribution in [1.29, 1.82) is 0 Å². The number of amides is 1. The van der Waals surface area contributed by atoms with Crippen LogP contribution in [0.15, 0.2) is 35.4 Å². The minimum Gasteiger partial charge on any atom is -0.391 e. The molecule has 7 heteroatoms. The number of aliphatic hydroxyl groups is 4. The first-order valence-electron chi connectivity index (χ1n) is 6.04. The Kier molecular flexibility index (Phi) is 6.26. The summed E-state index contributed by atoms with van der Waals surface area (Å²) in [4.78, 5) is 11.6. The zero-order valence-electron chi connectivity index (χ0n) is 10.9. The third kappa shape index (κ3) is 4.71. The first kappa shape index (κ1) is 16.3. The van der Waals surface area contributed by atoms with Gasteiger partial charge in [0.05, 0.1) is 12.3 Å². The summed E-state index contributed by atoms with van der Waals surface area (Å²) in [5.74, 6) is -0.473. The van der Waals surface area contributed by atoms with Crippen molar-refractivity contribution in [3.63, 3.8) is 0 Å². The Morgan fingerprint density at radius 2 is 1.75 bits per heavy atom. The van der Waals surface area contributed by atoms with Crippen molar-refractivity contribution in [2.75, 3.05) is 0 Å². The smallest absolute Gasteiger partial charge is 0.271 e. The fourth-order valence-electron chi connectivity index (χ4n) is 1.40. The monoisotopic (exact) mass is 282 g/mol. The van der Waals surface area contributed by atoms with Crippen LogP contribution in [0.5, 0.6) is 0 Å².